The molecule has 0 aliphatic carbocycles. The molecule has 2 rings (SSSR count). The van der Waals surface area contributed by atoms with Gasteiger partial charge in [0.1, 0.15) is 0 Å². The second-order valence-electron chi connectivity index (χ2n) is 4.17. The molecule has 2 aromatic carbocycles. The van der Waals surface area contributed by atoms with Crippen LogP contribution in [0.2, 0.25) is 0 Å². The van der Waals surface area contributed by atoms with Crippen molar-refractivity contribution in [3.63, 3.8) is 0 Å². The number of aliphatic imine (C=N–C) groups is 1. The lowest BCUT2D eigenvalue weighted by molar-refractivity contribution is 0.0696. The molecule has 4 N–H and O–H groups in total. The highest BCUT2D eigenvalue weighted by molar-refractivity contribution is 6.05. The molecule has 0 saturated carbocycles. The number of carbonyl (C=O) groups is 2. The van der Waals surface area contributed by atoms with Gasteiger partial charge in [0.15, 0.2) is 0 Å². The van der Waals surface area contributed by atoms with Crippen LogP contribution in [0.1, 0.15) is 20.7 Å². The number of nitrogens with one attached hydrogen (secondary N) is 1. The second kappa shape index (κ2) is 6.33. The molecule has 21 heavy (non-hydrogen) atoms. The Morgan fingerprint density at radius 3 is 2.14 bits per heavy atom. The highest BCUT2D eigenvalue weighted by Crippen LogP contribution is 2.12. The lowest BCUT2D eigenvalue weighted by Gasteiger charge is -2.04. The second-order valence-corrected chi connectivity index (χ2v) is 4.17. The van der Waals surface area contributed by atoms with E-state index < -0.39 is 5.97 Å². The number of hydrogen-bond acceptors (Lipinski definition) is 3. The molecule has 0 atom stereocenters. The third-order valence-electron chi connectivity index (χ3n) is 2.64. The lowest BCUT2D eigenvalue weighted by Crippen LogP contribution is -2.36. The molecule has 1 amide bonds. The minimum absolute atomic E-state index is 0.0630. The molecular weight excluding hydrogens is 270 g/mol. The van der Waals surface area contributed by atoms with Crippen molar-refractivity contribution in [2.45, 2.75) is 0 Å². The number of amides is 1. The van der Waals surface area contributed by atoms with Crippen LogP contribution < -0.4 is 11.1 Å². The van der Waals surface area contributed by atoms with Gasteiger partial charge < -0.3 is 10.8 Å². The summed E-state index contributed by atoms with van der Waals surface area (Å²) in [6.45, 7) is 0. The van der Waals surface area contributed by atoms with Gasteiger partial charge in [-0.2, -0.15) is 0 Å². The quantitative estimate of drug-likeness (QED) is 0.589. The molecule has 0 bridgehead atoms. The van der Waals surface area contributed by atoms with E-state index in [2.05, 4.69) is 10.3 Å². The highest BCUT2D eigenvalue weighted by Gasteiger charge is 2.06. The summed E-state index contributed by atoms with van der Waals surface area (Å²) < 4.78 is 0. The van der Waals surface area contributed by atoms with Crippen molar-refractivity contribution in [1.29, 1.82) is 0 Å². The fraction of sp³-hybridized carbons (Fsp3) is 0. The van der Waals surface area contributed by atoms with Crippen molar-refractivity contribution in [3.05, 3.63) is 65.7 Å². The number of hydrogen-bond donors (Lipinski definition) is 3. The SMILES string of the molecule is NC(=Nc1ccc(C(=O)O)cc1)NC(=O)c1ccccc1. The zero-order chi connectivity index (χ0) is 15.2. The van der Waals surface area contributed by atoms with Gasteiger partial charge in [0.2, 0.25) is 5.96 Å². The number of aromatic carboxylic acids is 1. The van der Waals surface area contributed by atoms with E-state index >= 15 is 0 Å². The fourth-order valence-corrected chi connectivity index (χ4v) is 1.62. The summed E-state index contributed by atoms with van der Waals surface area (Å²) in [5.74, 6) is -1.44. The van der Waals surface area contributed by atoms with Crippen molar-refractivity contribution < 1.29 is 14.7 Å². The molecule has 0 saturated heterocycles. The van der Waals surface area contributed by atoms with E-state index in [9.17, 15) is 9.59 Å². The van der Waals surface area contributed by atoms with Gasteiger partial charge in [0.05, 0.1) is 11.3 Å². The number of carbonyl (C=O) groups excluding carboxylic acids is 1. The Bertz CT molecular complexity index is 679. The van der Waals surface area contributed by atoms with Crippen LogP contribution in [0.3, 0.4) is 0 Å². The molecule has 106 valence electrons. The van der Waals surface area contributed by atoms with Crippen LogP contribution in [0.25, 0.3) is 0 Å². The number of nitrogens with two attached hydrogens (primary N) is 1. The Morgan fingerprint density at radius 2 is 1.57 bits per heavy atom. The first-order chi connectivity index (χ1) is 10.1. The normalized spacial score (nSPS) is 11.0. The molecule has 0 aliphatic heterocycles. The van der Waals surface area contributed by atoms with Crippen LogP contribution in [-0.2, 0) is 0 Å². The smallest absolute Gasteiger partial charge is 0.335 e. The fourth-order valence-electron chi connectivity index (χ4n) is 1.62. The van der Waals surface area contributed by atoms with Gasteiger partial charge >= 0.3 is 5.97 Å². The van der Waals surface area contributed by atoms with Crippen LogP contribution in [0.4, 0.5) is 5.69 Å². The van der Waals surface area contributed by atoms with Crippen LogP contribution in [0.5, 0.6) is 0 Å². The minimum atomic E-state index is -1.02. The van der Waals surface area contributed by atoms with Crippen molar-refractivity contribution >= 4 is 23.5 Å². The van der Waals surface area contributed by atoms with Crippen molar-refractivity contribution in [2.24, 2.45) is 10.7 Å². The first-order valence-corrected chi connectivity index (χ1v) is 6.10. The van der Waals surface area contributed by atoms with Crippen LogP contribution in [0.15, 0.2) is 59.6 Å². The van der Waals surface area contributed by atoms with Gasteiger partial charge in [0, 0.05) is 5.56 Å². The average molecular weight is 283 g/mol. The summed E-state index contributed by atoms with van der Waals surface area (Å²) >= 11 is 0. The number of guanidine groups is 1. The molecule has 2 aromatic rings. The number of carboxylic acids is 1. The first kappa shape index (κ1) is 14.3. The molecular formula is C15H13N3O3. The van der Waals surface area contributed by atoms with Gasteiger partial charge in [-0.15, -0.1) is 0 Å². The topological polar surface area (TPSA) is 105 Å². The lowest BCUT2D eigenvalue weighted by atomic mass is 10.2. The Morgan fingerprint density at radius 1 is 0.952 bits per heavy atom. The minimum Gasteiger partial charge on any atom is -0.478 e. The molecule has 0 radical (unpaired) electrons. The van der Waals surface area contributed by atoms with Crippen molar-refractivity contribution in [1.82, 2.24) is 5.32 Å². The number of benzene rings is 2. The highest BCUT2D eigenvalue weighted by atomic mass is 16.4. The maximum Gasteiger partial charge on any atom is 0.335 e. The molecule has 6 nitrogen and oxygen atoms in total. The summed E-state index contributed by atoms with van der Waals surface area (Å²) in [5.41, 5.74) is 6.72. The zero-order valence-corrected chi connectivity index (χ0v) is 11.0. The Kier molecular flexibility index (Phi) is 4.30. The summed E-state index contributed by atoms with van der Waals surface area (Å²) in [7, 11) is 0. The summed E-state index contributed by atoms with van der Waals surface area (Å²) in [4.78, 5) is 26.6. The summed E-state index contributed by atoms with van der Waals surface area (Å²) in [5, 5.41) is 11.2. The van der Waals surface area contributed by atoms with E-state index in [4.69, 9.17) is 10.8 Å². The third kappa shape index (κ3) is 3.90. The first-order valence-electron chi connectivity index (χ1n) is 6.10. The monoisotopic (exact) mass is 283 g/mol. The van der Waals surface area contributed by atoms with Crippen LogP contribution in [-0.4, -0.2) is 22.9 Å². The van der Waals surface area contributed by atoms with Gasteiger partial charge in [-0.25, -0.2) is 9.79 Å². The van der Waals surface area contributed by atoms with E-state index in [0.29, 0.717) is 11.3 Å². The zero-order valence-electron chi connectivity index (χ0n) is 11.0. The van der Waals surface area contributed by atoms with E-state index in [0.717, 1.165) is 0 Å². The number of carboxylic acid groups (broad SMARTS) is 1. The van der Waals surface area contributed by atoms with Crippen molar-refractivity contribution in [2.75, 3.05) is 0 Å². The maximum atomic E-state index is 11.8. The molecule has 0 aliphatic rings. The average Bonchev–Trinajstić information content (AvgIpc) is 2.48. The maximum absolute atomic E-state index is 11.8. The Balaban J connectivity index is 2.07. The number of nitrogens with zero attached hydrogens (tertiary/aromatic N) is 1. The van der Waals surface area contributed by atoms with Gasteiger partial charge in [-0.1, -0.05) is 18.2 Å². The molecule has 0 heterocycles. The summed E-state index contributed by atoms with van der Waals surface area (Å²) in [6.07, 6.45) is 0. The van der Waals surface area contributed by atoms with Crippen LogP contribution in [0, 0.1) is 0 Å². The molecule has 0 aromatic heterocycles. The Hall–Kier alpha value is -3.15. The van der Waals surface area contributed by atoms with Gasteiger partial charge in [0.25, 0.3) is 5.91 Å². The van der Waals surface area contributed by atoms with Crippen LogP contribution >= 0.6 is 0 Å². The molecule has 0 fully saturated rings. The van der Waals surface area contributed by atoms with E-state index in [-0.39, 0.29) is 17.4 Å². The number of rotatable bonds is 3. The Labute approximate surface area is 120 Å². The molecule has 0 unspecified atom stereocenters. The van der Waals surface area contributed by atoms with Gasteiger partial charge in [-0.05, 0) is 36.4 Å². The largest absolute Gasteiger partial charge is 0.478 e. The standard InChI is InChI=1S/C15H13N3O3/c16-15(18-13(19)10-4-2-1-3-5-10)17-12-8-6-11(7-9-12)14(20)21/h1-9H,(H,20,21)(H3,16,17,18,19). The van der Waals surface area contributed by atoms with Gasteiger partial charge in [-0.3, -0.25) is 10.1 Å². The molecule has 0 spiro atoms. The van der Waals surface area contributed by atoms with E-state index in [1.54, 1.807) is 30.3 Å². The van der Waals surface area contributed by atoms with Crippen molar-refractivity contribution in [3.8, 4) is 0 Å². The molecule has 6 heteroatoms. The predicted molar refractivity (Wildman–Crippen MR) is 78.6 cm³/mol. The predicted octanol–water partition coefficient (Wildman–Crippen LogP) is 1.76. The third-order valence-corrected chi connectivity index (χ3v) is 2.64. The summed E-state index contributed by atoms with van der Waals surface area (Å²) in [6, 6.07) is 14.4. The van der Waals surface area contributed by atoms with E-state index in [1.807, 2.05) is 0 Å². The van der Waals surface area contributed by atoms with E-state index in [1.165, 1.54) is 24.3 Å².